The number of unbranched alkanes of at least 4 members (excludes halogenated alkanes) is 11. The fraction of sp³-hybridized carbons (Fsp3) is 0.581. The first-order valence-electron chi connectivity index (χ1n) is 13.9. The van der Waals surface area contributed by atoms with Gasteiger partial charge in [0.15, 0.2) is 11.5 Å². The van der Waals surface area contributed by atoms with Crippen LogP contribution in [0, 0.1) is 0 Å². The first kappa shape index (κ1) is 29.7. The van der Waals surface area contributed by atoms with Crippen molar-refractivity contribution in [3.05, 3.63) is 53.6 Å². The molecule has 5 heteroatoms. The van der Waals surface area contributed by atoms with Crippen molar-refractivity contribution in [2.45, 2.75) is 104 Å². The minimum absolute atomic E-state index is 0.0557. The molecule has 0 saturated carbocycles. The first-order valence-corrected chi connectivity index (χ1v) is 13.9. The van der Waals surface area contributed by atoms with Crippen LogP contribution in [-0.4, -0.2) is 24.7 Å². The van der Waals surface area contributed by atoms with Gasteiger partial charge in [0.25, 0.3) is 0 Å². The Morgan fingerprint density at radius 2 is 1.44 bits per heavy atom. The number of ether oxygens (including phenoxy) is 2. The van der Waals surface area contributed by atoms with E-state index in [1.54, 1.807) is 18.9 Å². The van der Waals surface area contributed by atoms with Gasteiger partial charge in [-0.2, -0.15) is 0 Å². The maximum atomic E-state index is 12.4. The molecule has 0 saturated heterocycles. The normalized spacial score (nSPS) is 10.9. The smallest absolute Gasteiger partial charge is 0.224 e. The lowest BCUT2D eigenvalue weighted by Gasteiger charge is -2.22. The van der Waals surface area contributed by atoms with E-state index in [0.29, 0.717) is 24.7 Å². The van der Waals surface area contributed by atoms with Gasteiger partial charge in [-0.15, -0.1) is 0 Å². The Kier molecular flexibility index (Phi) is 14.7. The average molecular weight is 498 g/mol. The van der Waals surface area contributed by atoms with Gasteiger partial charge in [0, 0.05) is 12.6 Å². The number of aliphatic hydroxyl groups excluding tert-OH is 1. The molecule has 0 heterocycles. The highest BCUT2D eigenvalue weighted by Crippen LogP contribution is 2.30. The van der Waals surface area contributed by atoms with E-state index < -0.39 is 0 Å². The van der Waals surface area contributed by atoms with E-state index in [-0.39, 0.29) is 12.5 Å². The van der Waals surface area contributed by atoms with E-state index in [1.165, 1.54) is 70.6 Å². The summed E-state index contributed by atoms with van der Waals surface area (Å²) in [4.78, 5) is 14.1. The Bertz CT molecular complexity index is 883. The van der Waals surface area contributed by atoms with Gasteiger partial charge in [-0.05, 0) is 41.8 Å². The van der Waals surface area contributed by atoms with E-state index in [9.17, 15) is 9.90 Å². The number of amides is 1. The summed E-state index contributed by atoms with van der Waals surface area (Å²) in [5.74, 6) is 1.36. The first-order chi connectivity index (χ1) is 17.6. The summed E-state index contributed by atoms with van der Waals surface area (Å²) in [5, 5.41) is 9.45. The summed E-state index contributed by atoms with van der Waals surface area (Å²) in [5.41, 5.74) is 2.51. The SMILES string of the molecule is CCCCCCCCCCCCCCOc1cc(CN(C(C)=O)c2cccc(CO)c2)ccc1OC. The molecule has 200 valence electrons. The topological polar surface area (TPSA) is 59.0 Å². The second-order valence-electron chi connectivity index (χ2n) is 9.66. The van der Waals surface area contributed by atoms with Crippen molar-refractivity contribution in [3.8, 4) is 11.5 Å². The van der Waals surface area contributed by atoms with E-state index in [0.717, 1.165) is 23.2 Å². The average Bonchev–Trinajstić information content (AvgIpc) is 2.89. The summed E-state index contributed by atoms with van der Waals surface area (Å²) in [6.45, 7) is 4.85. The van der Waals surface area contributed by atoms with Gasteiger partial charge >= 0.3 is 0 Å². The fourth-order valence-corrected chi connectivity index (χ4v) is 4.45. The van der Waals surface area contributed by atoms with Crippen LogP contribution in [-0.2, 0) is 17.9 Å². The molecule has 0 atom stereocenters. The Balaban J connectivity index is 1.77. The second kappa shape index (κ2) is 17.8. The standard InChI is InChI=1S/C31H47NO4/c1-4-5-6-7-8-9-10-11-12-13-14-15-21-36-31-23-27(19-20-30(31)35-3)24-32(26(2)34)29-18-16-17-28(22-29)25-33/h16-20,22-23,33H,4-15,21,24-25H2,1-3H3. The van der Waals surface area contributed by atoms with Crippen molar-refractivity contribution in [1.29, 1.82) is 0 Å². The van der Waals surface area contributed by atoms with Crippen molar-refractivity contribution in [2.75, 3.05) is 18.6 Å². The number of aliphatic hydroxyl groups is 1. The van der Waals surface area contributed by atoms with Crippen molar-refractivity contribution in [3.63, 3.8) is 0 Å². The quantitative estimate of drug-likeness (QED) is 0.201. The van der Waals surface area contributed by atoms with Crippen LogP contribution in [0.5, 0.6) is 11.5 Å². The number of hydrogen-bond acceptors (Lipinski definition) is 4. The highest BCUT2D eigenvalue weighted by atomic mass is 16.5. The van der Waals surface area contributed by atoms with Gasteiger partial charge in [0.05, 0.1) is 26.9 Å². The van der Waals surface area contributed by atoms with Crippen LogP contribution in [0.25, 0.3) is 0 Å². The van der Waals surface area contributed by atoms with Crippen molar-refractivity contribution in [1.82, 2.24) is 0 Å². The molecule has 5 nitrogen and oxygen atoms in total. The zero-order valence-corrected chi connectivity index (χ0v) is 22.8. The van der Waals surface area contributed by atoms with Gasteiger partial charge in [0.2, 0.25) is 5.91 Å². The zero-order valence-electron chi connectivity index (χ0n) is 22.8. The summed E-state index contributed by atoms with van der Waals surface area (Å²) in [7, 11) is 1.65. The van der Waals surface area contributed by atoms with Crippen LogP contribution >= 0.6 is 0 Å². The number of anilines is 1. The highest BCUT2D eigenvalue weighted by Gasteiger charge is 2.15. The minimum Gasteiger partial charge on any atom is -0.493 e. The van der Waals surface area contributed by atoms with Gasteiger partial charge < -0.3 is 19.5 Å². The number of hydrogen-bond donors (Lipinski definition) is 1. The Morgan fingerprint density at radius 1 is 0.806 bits per heavy atom. The fourth-order valence-electron chi connectivity index (χ4n) is 4.45. The highest BCUT2D eigenvalue weighted by molar-refractivity contribution is 5.91. The molecule has 36 heavy (non-hydrogen) atoms. The lowest BCUT2D eigenvalue weighted by atomic mass is 10.1. The van der Waals surface area contributed by atoms with E-state index in [1.807, 2.05) is 42.5 Å². The van der Waals surface area contributed by atoms with Gasteiger partial charge in [-0.25, -0.2) is 0 Å². The molecular formula is C31H47NO4. The molecule has 0 unspecified atom stereocenters. The maximum Gasteiger partial charge on any atom is 0.224 e. The van der Waals surface area contributed by atoms with Crippen molar-refractivity contribution >= 4 is 11.6 Å². The van der Waals surface area contributed by atoms with Crippen LogP contribution in [0.3, 0.4) is 0 Å². The monoisotopic (exact) mass is 497 g/mol. The molecule has 2 aromatic rings. The molecule has 0 radical (unpaired) electrons. The Morgan fingerprint density at radius 3 is 2.03 bits per heavy atom. The number of carbonyl (C=O) groups excluding carboxylic acids is 1. The number of benzene rings is 2. The molecule has 0 aromatic heterocycles. The molecular weight excluding hydrogens is 450 g/mol. The van der Waals surface area contributed by atoms with E-state index in [4.69, 9.17) is 9.47 Å². The third-order valence-corrected chi connectivity index (χ3v) is 6.61. The molecule has 0 spiro atoms. The zero-order chi connectivity index (χ0) is 26.0. The largest absolute Gasteiger partial charge is 0.493 e. The molecule has 0 aliphatic heterocycles. The lowest BCUT2D eigenvalue weighted by Crippen LogP contribution is -2.27. The lowest BCUT2D eigenvalue weighted by molar-refractivity contribution is -0.116. The Labute approximate surface area is 218 Å². The molecule has 2 aromatic carbocycles. The minimum atomic E-state index is -0.0563. The number of nitrogens with zero attached hydrogens (tertiary/aromatic N) is 1. The third kappa shape index (κ3) is 11.0. The summed E-state index contributed by atoms with van der Waals surface area (Å²) >= 11 is 0. The molecule has 1 amide bonds. The van der Waals surface area contributed by atoms with Crippen LogP contribution in [0.2, 0.25) is 0 Å². The van der Waals surface area contributed by atoms with Crippen LogP contribution < -0.4 is 14.4 Å². The number of carbonyl (C=O) groups is 1. The summed E-state index contributed by atoms with van der Waals surface area (Å²) in [6, 6.07) is 13.2. The summed E-state index contributed by atoms with van der Waals surface area (Å²) < 4.78 is 11.6. The van der Waals surface area contributed by atoms with Crippen LogP contribution in [0.4, 0.5) is 5.69 Å². The second-order valence-corrected chi connectivity index (χ2v) is 9.66. The number of methoxy groups -OCH3 is 1. The van der Waals surface area contributed by atoms with Crippen molar-refractivity contribution in [2.24, 2.45) is 0 Å². The van der Waals surface area contributed by atoms with Crippen LogP contribution in [0.15, 0.2) is 42.5 Å². The predicted octanol–water partition coefficient (Wildman–Crippen LogP) is 7.82. The molecule has 0 aliphatic carbocycles. The molecule has 2 rings (SSSR count). The molecule has 0 fully saturated rings. The third-order valence-electron chi connectivity index (χ3n) is 6.61. The van der Waals surface area contributed by atoms with E-state index >= 15 is 0 Å². The van der Waals surface area contributed by atoms with Gasteiger partial charge in [-0.3, -0.25) is 4.79 Å². The molecule has 1 N–H and O–H groups in total. The van der Waals surface area contributed by atoms with Gasteiger partial charge in [0.1, 0.15) is 0 Å². The Hall–Kier alpha value is -2.53. The van der Waals surface area contributed by atoms with Gasteiger partial charge in [-0.1, -0.05) is 95.8 Å². The predicted molar refractivity (Wildman–Crippen MR) is 149 cm³/mol. The molecule has 0 aliphatic rings. The van der Waals surface area contributed by atoms with Crippen molar-refractivity contribution < 1.29 is 19.4 Å². The molecule has 0 bridgehead atoms. The van der Waals surface area contributed by atoms with E-state index in [2.05, 4.69) is 6.92 Å². The summed E-state index contributed by atoms with van der Waals surface area (Å²) in [6.07, 6.45) is 15.8. The van der Waals surface area contributed by atoms with Crippen LogP contribution in [0.1, 0.15) is 102 Å². The number of rotatable bonds is 19. The maximum absolute atomic E-state index is 12.4.